The van der Waals surface area contributed by atoms with Crippen LogP contribution in [0.3, 0.4) is 0 Å². The van der Waals surface area contributed by atoms with E-state index in [2.05, 4.69) is 24.4 Å². The molecule has 0 aliphatic carbocycles. The highest BCUT2D eigenvalue weighted by molar-refractivity contribution is 6.30. The minimum absolute atomic E-state index is 0.155. The zero-order chi connectivity index (χ0) is 22.1. The van der Waals surface area contributed by atoms with E-state index in [1.54, 1.807) is 0 Å². The molecule has 0 fully saturated rings. The van der Waals surface area contributed by atoms with Gasteiger partial charge in [-0.15, -0.1) is 0 Å². The summed E-state index contributed by atoms with van der Waals surface area (Å²) in [5, 5.41) is 6.73. The number of halogens is 1. The Balaban J connectivity index is 1.64. The number of benzene rings is 4. The van der Waals surface area contributed by atoms with Crippen LogP contribution in [0.25, 0.3) is 32.9 Å². The second kappa shape index (κ2) is 8.45. The van der Waals surface area contributed by atoms with E-state index in [4.69, 9.17) is 16.6 Å². The van der Waals surface area contributed by atoms with Crippen LogP contribution in [-0.4, -0.2) is 10.9 Å². The summed E-state index contributed by atoms with van der Waals surface area (Å²) in [5.74, 6) is -0.155. The van der Waals surface area contributed by atoms with Crippen molar-refractivity contribution in [1.82, 2.24) is 4.98 Å². The van der Waals surface area contributed by atoms with Gasteiger partial charge in [0.05, 0.1) is 16.8 Å². The number of anilines is 1. The number of nitrogens with zero attached hydrogens (tertiary/aromatic N) is 1. The lowest BCUT2D eigenvalue weighted by Crippen LogP contribution is -2.13. The monoisotopic (exact) mass is 436 g/mol. The summed E-state index contributed by atoms with van der Waals surface area (Å²) in [5.41, 5.74) is 4.99. The lowest BCUT2D eigenvalue weighted by atomic mass is 10.0. The van der Waals surface area contributed by atoms with E-state index >= 15 is 0 Å². The molecule has 5 rings (SSSR count). The van der Waals surface area contributed by atoms with Gasteiger partial charge in [-0.25, -0.2) is 4.98 Å². The van der Waals surface area contributed by atoms with Crippen molar-refractivity contribution in [1.29, 1.82) is 0 Å². The van der Waals surface area contributed by atoms with E-state index in [1.807, 2.05) is 78.9 Å². The molecule has 5 aromatic rings. The van der Waals surface area contributed by atoms with Crippen molar-refractivity contribution in [3.05, 3.63) is 107 Å². The van der Waals surface area contributed by atoms with Crippen LogP contribution in [0.5, 0.6) is 0 Å². The number of hydrogen-bond acceptors (Lipinski definition) is 2. The Labute approximate surface area is 191 Å². The maximum atomic E-state index is 13.5. The van der Waals surface area contributed by atoms with Gasteiger partial charge in [-0.1, -0.05) is 73.1 Å². The second-order valence-corrected chi connectivity index (χ2v) is 8.18. The molecule has 1 aromatic heterocycles. The summed E-state index contributed by atoms with van der Waals surface area (Å²) in [6, 6.07) is 29.4. The number of pyridine rings is 1. The summed E-state index contributed by atoms with van der Waals surface area (Å²) >= 11 is 6.06. The number of carbonyl (C=O) groups is 1. The number of nitrogens with one attached hydrogen (secondary N) is 1. The first-order valence-electron chi connectivity index (χ1n) is 10.6. The number of rotatable bonds is 4. The van der Waals surface area contributed by atoms with E-state index in [0.717, 1.165) is 50.6 Å². The maximum absolute atomic E-state index is 13.5. The lowest BCUT2D eigenvalue weighted by Gasteiger charge is -2.13. The van der Waals surface area contributed by atoms with Crippen LogP contribution in [0.15, 0.2) is 91.0 Å². The molecule has 0 unspecified atom stereocenters. The predicted octanol–water partition coefficient (Wildman–Crippen LogP) is 7.52. The van der Waals surface area contributed by atoms with Crippen molar-refractivity contribution in [3.63, 3.8) is 0 Å². The molecule has 0 aliphatic rings. The molecule has 0 saturated carbocycles. The van der Waals surface area contributed by atoms with Crippen LogP contribution in [-0.2, 0) is 6.42 Å². The fourth-order valence-corrected chi connectivity index (χ4v) is 4.10. The molecule has 0 atom stereocenters. The normalized spacial score (nSPS) is 11.1. The third-order valence-corrected chi connectivity index (χ3v) is 5.96. The van der Waals surface area contributed by atoms with E-state index in [0.29, 0.717) is 10.6 Å². The summed E-state index contributed by atoms with van der Waals surface area (Å²) in [6.45, 7) is 2.10. The average molecular weight is 437 g/mol. The first-order chi connectivity index (χ1) is 15.6. The predicted molar refractivity (Wildman–Crippen MR) is 133 cm³/mol. The lowest BCUT2D eigenvalue weighted by molar-refractivity contribution is 0.102. The standard InChI is InChI=1S/C28H21ClN2O/c1-2-18-10-15-26-23(16-18)24(17-27(30-26)20-11-13-21(29)14-12-20)28(32)31-25-9-5-7-19-6-3-4-8-22(19)25/h3-17H,2H2,1H3,(H,31,32). The molecule has 3 nitrogen and oxygen atoms in total. The third-order valence-electron chi connectivity index (χ3n) is 5.70. The van der Waals surface area contributed by atoms with Crippen LogP contribution < -0.4 is 5.32 Å². The van der Waals surface area contributed by atoms with Gasteiger partial charge < -0.3 is 5.32 Å². The number of carbonyl (C=O) groups excluding carboxylic acids is 1. The Morgan fingerprint density at radius 3 is 2.47 bits per heavy atom. The minimum atomic E-state index is -0.155. The van der Waals surface area contributed by atoms with Crippen LogP contribution in [0, 0.1) is 0 Å². The van der Waals surface area contributed by atoms with Crippen molar-refractivity contribution in [3.8, 4) is 11.3 Å². The fraction of sp³-hybridized carbons (Fsp3) is 0.0714. The highest BCUT2D eigenvalue weighted by Gasteiger charge is 2.16. The van der Waals surface area contributed by atoms with Crippen LogP contribution >= 0.6 is 11.6 Å². The van der Waals surface area contributed by atoms with Crippen LogP contribution in [0.1, 0.15) is 22.8 Å². The largest absolute Gasteiger partial charge is 0.321 e. The highest BCUT2D eigenvalue weighted by Crippen LogP contribution is 2.29. The third kappa shape index (κ3) is 3.83. The quantitative estimate of drug-likeness (QED) is 0.316. The maximum Gasteiger partial charge on any atom is 0.256 e. The van der Waals surface area contributed by atoms with E-state index in [-0.39, 0.29) is 5.91 Å². The van der Waals surface area contributed by atoms with Crippen molar-refractivity contribution < 1.29 is 4.79 Å². The molecule has 0 aliphatic heterocycles. The minimum Gasteiger partial charge on any atom is -0.321 e. The summed E-state index contributed by atoms with van der Waals surface area (Å²) in [7, 11) is 0. The molecule has 1 N–H and O–H groups in total. The summed E-state index contributed by atoms with van der Waals surface area (Å²) in [6.07, 6.45) is 0.888. The van der Waals surface area contributed by atoms with Crippen molar-refractivity contribution in [2.45, 2.75) is 13.3 Å². The number of aryl methyl sites for hydroxylation is 1. The first kappa shape index (κ1) is 20.2. The number of hydrogen-bond donors (Lipinski definition) is 1. The van der Waals surface area contributed by atoms with Gasteiger partial charge in [-0.2, -0.15) is 0 Å². The van der Waals surface area contributed by atoms with Gasteiger partial charge in [0.2, 0.25) is 0 Å². The molecule has 0 radical (unpaired) electrons. The smallest absolute Gasteiger partial charge is 0.256 e. The molecule has 4 aromatic carbocycles. The van der Waals surface area contributed by atoms with Gasteiger partial charge in [0, 0.05) is 27.0 Å². The molecule has 0 bridgehead atoms. The van der Waals surface area contributed by atoms with Crippen LogP contribution in [0.4, 0.5) is 5.69 Å². The highest BCUT2D eigenvalue weighted by atomic mass is 35.5. The SMILES string of the molecule is CCc1ccc2nc(-c3ccc(Cl)cc3)cc(C(=O)Nc3cccc4ccccc34)c2c1. The number of aromatic nitrogens is 1. The Kier molecular flexibility index (Phi) is 5.34. The Hall–Kier alpha value is -3.69. The van der Waals surface area contributed by atoms with Crippen molar-refractivity contribution >= 4 is 44.9 Å². The van der Waals surface area contributed by atoms with Crippen molar-refractivity contribution in [2.24, 2.45) is 0 Å². The molecule has 0 saturated heterocycles. The van der Waals surface area contributed by atoms with Gasteiger partial charge in [-0.3, -0.25) is 4.79 Å². The summed E-state index contributed by atoms with van der Waals surface area (Å²) < 4.78 is 0. The molecule has 0 spiro atoms. The zero-order valence-electron chi connectivity index (χ0n) is 17.6. The van der Waals surface area contributed by atoms with E-state index < -0.39 is 0 Å². The molecular weight excluding hydrogens is 416 g/mol. The number of fused-ring (bicyclic) bond motifs is 2. The van der Waals surface area contributed by atoms with E-state index in [1.165, 1.54) is 0 Å². The van der Waals surface area contributed by atoms with Gasteiger partial charge >= 0.3 is 0 Å². The number of amides is 1. The summed E-state index contributed by atoms with van der Waals surface area (Å²) in [4.78, 5) is 18.4. The molecule has 156 valence electrons. The molecular formula is C28H21ClN2O. The topological polar surface area (TPSA) is 42.0 Å². The molecule has 1 amide bonds. The van der Waals surface area contributed by atoms with Crippen molar-refractivity contribution in [2.75, 3.05) is 5.32 Å². The van der Waals surface area contributed by atoms with E-state index in [9.17, 15) is 4.79 Å². The second-order valence-electron chi connectivity index (χ2n) is 7.75. The first-order valence-corrected chi connectivity index (χ1v) is 11.0. The average Bonchev–Trinajstić information content (AvgIpc) is 2.83. The molecule has 1 heterocycles. The van der Waals surface area contributed by atoms with Gasteiger partial charge in [0.15, 0.2) is 0 Å². The van der Waals surface area contributed by atoms with Gasteiger partial charge in [-0.05, 0) is 53.8 Å². The van der Waals surface area contributed by atoms with Gasteiger partial charge in [0.25, 0.3) is 5.91 Å². The Bertz CT molecular complexity index is 1450. The fourth-order valence-electron chi connectivity index (χ4n) is 3.97. The van der Waals surface area contributed by atoms with Gasteiger partial charge in [0.1, 0.15) is 0 Å². The zero-order valence-corrected chi connectivity index (χ0v) is 18.4. The molecule has 4 heteroatoms. The Morgan fingerprint density at radius 1 is 0.875 bits per heavy atom. The Morgan fingerprint density at radius 2 is 1.66 bits per heavy atom. The van der Waals surface area contributed by atoms with Crippen LogP contribution in [0.2, 0.25) is 5.02 Å². The molecule has 32 heavy (non-hydrogen) atoms.